The molecule has 0 atom stereocenters. The van der Waals surface area contributed by atoms with E-state index in [1.54, 1.807) is 6.07 Å². The minimum Gasteiger partial charge on any atom is -0.370 e. The van der Waals surface area contributed by atoms with Crippen molar-refractivity contribution in [2.75, 3.05) is 18.1 Å². The molecule has 3 nitrogen and oxygen atoms in total. The minimum absolute atomic E-state index is 0.489. The number of thioether (sulfide) groups is 1. The third kappa shape index (κ3) is 3.72. The zero-order chi connectivity index (χ0) is 10.4. The summed E-state index contributed by atoms with van der Waals surface area (Å²) in [5.74, 6) is 0.808. The van der Waals surface area contributed by atoms with Crippen molar-refractivity contribution in [3.8, 4) is 0 Å². The number of unbranched alkanes of at least 4 members (excludes halogenated alkanes) is 1. The minimum atomic E-state index is 0.489. The first-order valence-corrected chi connectivity index (χ1v) is 6.19. The Bertz CT molecular complexity index is 293. The van der Waals surface area contributed by atoms with E-state index in [0.717, 1.165) is 18.8 Å². The maximum atomic E-state index is 5.84. The summed E-state index contributed by atoms with van der Waals surface area (Å²) < 4.78 is 0. The molecule has 0 bridgehead atoms. The van der Waals surface area contributed by atoms with Gasteiger partial charge in [0.25, 0.3) is 0 Å². The predicted molar refractivity (Wildman–Crippen MR) is 62.2 cm³/mol. The quantitative estimate of drug-likeness (QED) is 0.366. The van der Waals surface area contributed by atoms with Crippen molar-refractivity contribution in [1.82, 2.24) is 9.97 Å². The highest BCUT2D eigenvalue weighted by atomic mass is 35.5. The van der Waals surface area contributed by atoms with E-state index in [4.69, 9.17) is 11.6 Å². The fraction of sp³-hybridized carbons (Fsp3) is 0.556. The molecule has 0 aliphatic heterocycles. The van der Waals surface area contributed by atoms with E-state index in [0.29, 0.717) is 10.3 Å². The number of hydrogen-bond donors (Lipinski definition) is 1. The average Bonchev–Trinajstić information content (AvgIpc) is 2.17. The molecule has 0 aromatic carbocycles. The van der Waals surface area contributed by atoms with Crippen LogP contribution in [-0.2, 0) is 0 Å². The molecule has 1 rings (SSSR count). The largest absolute Gasteiger partial charge is 0.370 e. The van der Waals surface area contributed by atoms with Crippen LogP contribution >= 0.6 is 23.4 Å². The summed E-state index contributed by atoms with van der Waals surface area (Å²) in [6.07, 6.45) is 4.24. The van der Waals surface area contributed by atoms with Crippen LogP contribution in [0, 0.1) is 0 Å². The van der Waals surface area contributed by atoms with Gasteiger partial charge in [0.2, 0.25) is 0 Å². The zero-order valence-corrected chi connectivity index (χ0v) is 9.95. The first kappa shape index (κ1) is 11.6. The van der Waals surface area contributed by atoms with E-state index >= 15 is 0 Å². The van der Waals surface area contributed by atoms with Crippen LogP contribution in [0.1, 0.15) is 19.8 Å². The summed E-state index contributed by atoms with van der Waals surface area (Å²) in [7, 11) is 0. The Morgan fingerprint density at radius 2 is 2.29 bits per heavy atom. The van der Waals surface area contributed by atoms with Crippen LogP contribution in [0.25, 0.3) is 0 Å². The van der Waals surface area contributed by atoms with Gasteiger partial charge in [0.15, 0.2) is 5.16 Å². The zero-order valence-electron chi connectivity index (χ0n) is 8.38. The molecule has 78 valence electrons. The SMILES string of the molecule is CCCCNc1cc(Cl)nc(SC)n1. The molecule has 1 N–H and O–H groups in total. The number of nitrogens with one attached hydrogen (secondary N) is 1. The second kappa shape index (κ2) is 6.09. The van der Waals surface area contributed by atoms with E-state index in [1.807, 2.05) is 6.26 Å². The fourth-order valence-corrected chi connectivity index (χ4v) is 1.58. The van der Waals surface area contributed by atoms with Crippen molar-refractivity contribution in [2.45, 2.75) is 24.9 Å². The monoisotopic (exact) mass is 231 g/mol. The molecule has 1 aromatic heterocycles. The number of nitrogens with zero attached hydrogens (tertiary/aromatic N) is 2. The van der Waals surface area contributed by atoms with Gasteiger partial charge in [-0.2, -0.15) is 0 Å². The first-order valence-electron chi connectivity index (χ1n) is 4.58. The number of aromatic nitrogens is 2. The highest BCUT2D eigenvalue weighted by Gasteiger charge is 2.00. The molecule has 1 heterocycles. The molecule has 0 aliphatic rings. The van der Waals surface area contributed by atoms with E-state index < -0.39 is 0 Å². The summed E-state index contributed by atoms with van der Waals surface area (Å²) in [5.41, 5.74) is 0. The van der Waals surface area contributed by atoms with Crippen LogP contribution in [0.2, 0.25) is 5.15 Å². The standard InChI is InChI=1S/C9H14ClN3S/c1-3-4-5-11-8-6-7(10)12-9(13-8)14-2/h6H,3-5H2,1-2H3,(H,11,12,13). The van der Waals surface area contributed by atoms with Gasteiger partial charge in [0, 0.05) is 12.6 Å². The molecule has 5 heteroatoms. The van der Waals surface area contributed by atoms with Gasteiger partial charge in [0.1, 0.15) is 11.0 Å². The van der Waals surface area contributed by atoms with Gasteiger partial charge in [-0.15, -0.1) is 0 Å². The van der Waals surface area contributed by atoms with Crippen LogP contribution in [0.15, 0.2) is 11.2 Å². The second-order valence-corrected chi connectivity index (χ2v) is 4.00. The van der Waals surface area contributed by atoms with Crippen molar-refractivity contribution < 1.29 is 0 Å². The first-order chi connectivity index (χ1) is 6.76. The third-order valence-corrected chi connectivity index (χ3v) is 2.43. The van der Waals surface area contributed by atoms with Gasteiger partial charge < -0.3 is 5.32 Å². The Labute approximate surface area is 93.7 Å². The summed E-state index contributed by atoms with van der Waals surface area (Å²) in [5, 5.41) is 4.41. The highest BCUT2D eigenvalue weighted by molar-refractivity contribution is 7.98. The van der Waals surface area contributed by atoms with Crippen molar-refractivity contribution >= 4 is 29.2 Å². The lowest BCUT2D eigenvalue weighted by atomic mass is 10.3. The van der Waals surface area contributed by atoms with Gasteiger partial charge in [-0.3, -0.25) is 0 Å². The van der Waals surface area contributed by atoms with E-state index in [2.05, 4.69) is 22.2 Å². The Hall–Kier alpha value is -0.480. The second-order valence-electron chi connectivity index (χ2n) is 2.84. The van der Waals surface area contributed by atoms with Crippen molar-refractivity contribution in [3.05, 3.63) is 11.2 Å². The summed E-state index contributed by atoms with van der Waals surface area (Å²) in [6.45, 7) is 3.08. The maximum absolute atomic E-state index is 5.84. The van der Waals surface area contributed by atoms with Crippen molar-refractivity contribution in [3.63, 3.8) is 0 Å². The van der Waals surface area contributed by atoms with Crippen LogP contribution in [0.4, 0.5) is 5.82 Å². The van der Waals surface area contributed by atoms with Crippen LogP contribution in [0.5, 0.6) is 0 Å². The molecule has 0 saturated heterocycles. The predicted octanol–water partition coefficient (Wildman–Crippen LogP) is 3.06. The molecular weight excluding hydrogens is 218 g/mol. The maximum Gasteiger partial charge on any atom is 0.190 e. The van der Waals surface area contributed by atoms with E-state index in [9.17, 15) is 0 Å². The van der Waals surface area contributed by atoms with E-state index in [-0.39, 0.29) is 0 Å². The summed E-state index contributed by atoms with van der Waals surface area (Å²) >= 11 is 7.33. The third-order valence-electron chi connectivity index (χ3n) is 1.69. The lowest BCUT2D eigenvalue weighted by Crippen LogP contribution is -2.03. The molecule has 1 aromatic rings. The van der Waals surface area contributed by atoms with Gasteiger partial charge in [-0.1, -0.05) is 36.7 Å². The molecule has 0 fully saturated rings. The lowest BCUT2D eigenvalue weighted by Gasteiger charge is -2.05. The number of hydrogen-bond acceptors (Lipinski definition) is 4. The number of anilines is 1. The van der Waals surface area contributed by atoms with Crippen molar-refractivity contribution in [1.29, 1.82) is 0 Å². The van der Waals surface area contributed by atoms with Crippen LogP contribution in [0.3, 0.4) is 0 Å². The Kier molecular flexibility index (Phi) is 5.04. The Morgan fingerprint density at radius 1 is 1.50 bits per heavy atom. The molecule has 0 radical (unpaired) electrons. The molecule has 0 spiro atoms. The van der Waals surface area contributed by atoms with Gasteiger partial charge in [0.05, 0.1) is 0 Å². The average molecular weight is 232 g/mol. The van der Waals surface area contributed by atoms with E-state index in [1.165, 1.54) is 18.2 Å². The Balaban J connectivity index is 2.62. The molecule has 0 aliphatic carbocycles. The van der Waals surface area contributed by atoms with Gasteiger partial charge in [-0.25, -0.2) is 9.97 Å². The number of rotatable bonds is 5. The number of halogens is 1. The molecule has 0 saturated carbocycles. The summed E-state index contributed by atoms with van der Waals surface area (Å²) in [6, 6.07) is 1.75. The van der Waals surface area contributed by atoms with Crippen LogP contribution < -0.4 is 5.32 Å². The summed E-state index contributed by atoms with van der Waals surface area (Å²) in [4.78, 5) is 8.34. The molecular formula is C9H14ClN3S. The molecule has 0 amide bonds. The van der Waals surface area contributed by atoms with Gasteiger partial charge in [-0.05, 0) is 12.7 Å². The van der Waals surface area contributed by atoms with Gasteiger partial charge >= 0.3 is 0 Å². The molecule has 14 heavy (non-hydrogen) atoms. The smallest absolute Gasteiger partial charge is 0.190 e. The molecule has 0 unspecified atom stereocenters. The van der Waals surface area contributed by atoms with Crippen molar-refractivity contribution in [2.24, 2.45) is 0 Å². The topological polar surface area (TPSA) is 37.8 Å². The van der Waals surface area contributed by atoms with Crippen LogP contribution in [-0.4, -0.2) is 22.8 Å². The normalized spacial score (nSPS) is 10.2. The highest BCUT2D eigenvalue weighted by Crippen LogP contribution is 2.16. The lowest BCUT2D eigenvalue weighted by molar-refractivity contribution is 0.825. The fourth-order valence-electron chi connectivity index (χ4n) is 0.972. The Morgan fingerprint density at radius 3 is 2.93 bits per heavy atom.